The third-order valence-corrected chi connectivity index (χ3v) is 10.3. The Kier molecular flexibility index (Phi) is 7.07. The van der Waals surface area contributed by atoms with Gasteiger partial charge in [-0.05, 0) is 41.8 Å². The van der Waals surface area contributed by atoms with E-state index in [1.807, 2.05) is 84.9 Å². The number of para-hydroxylation sites is 2. The predicted molar refractivity (Wildman–Crippen MR) is 223 cm³/mol. The highest BCUT2D eigenvalue weighted by Crippen LogP contribution is 2.46. The van der Waals surface area contributed by atoms with Gasteiger partial charge in [0, 0.05) is 49.7 Å². The predicted octanol–water partition coefficient (Wildman–Crippen LogP) is 13.3. The minimum atomic E-state index is 0.582. The highest BCUT2D eigenvalue weighted by Gasteiger charge is 2.23. The summed E-state index contributed by atoms with van der Waals surface area (Å²) in [5.74, 6) is 1.81. The number of rotatable bonds is 6. The molecule has 0 unspecified atom stereocenters. The first kappa shape index (κ1) is 31.0. The molecule has 8 aromatic carbocycles. The van der Waals surface area contributed by atoms with Crippen LogP contribution in [0.2, 0.25) is 0 Å². The zero-order chi connectivity index (χ0) is 36.3. The van der Waals surface area contributed by atoms with E-state index in [9.17, 15) is 0 Å². The quantitative estimate of drug-likeness (QED) is 0.171. The molecule has 0 radical (unpaired) electrons. The Bertz CT molecular complexity index is 3160. The van der Waals surface area contributed by atoms with Crippen molar-refractivity contribution in [3.63, 3.8) is 0 Å². The van der Waals surface area contributed by atoms with E-state index in [0.29, 0.717) is 17.5 Å². The van der Waals surface area contributed by atoms with Crippen molar-refractivity contribution in [3.8, 4) is 34.2 Å². The number of hydrogen-bond donors (Lipinski definition) is 0. The topological polar surface area (TPSA) is 68.2 Å². The molecule has 11 rings (SSSR count). The lowest BCUT2D eigenvalue weighted by Gasteiger charge is -2.26. The molecule has 3 aromatic heterocycles. The van der Waals surface area contributed by atoms with Crippen molar-refractivity contribution in [2.24, 2.45) is 0 Å². The summed E-state index contributed by atoms with van der Waals surface area (Å²) in [4.78, 5) is 17.3. The molecule has 0 spiro atoms. The number of benzene rings is 8. The number of fused-ring (bicyclic) bond motifs is 7. The van der Waals surface area contributed by atoms with Crippen LogP contribution >= 0.6 is 0 Å². The molecule has 0 saturated heterocycles. The highest BCUT2D eigenvalue weighted by molar-refractivity contribution is 6.14. The zero-order valence-corrected chi connectivity index (χ0v) is 29.4. The second-order valence-corrected chi connectivity index (χ2v) is 13.6. The van der Waals surface area contributed by atoms with Gasteiger partial charge >= 0.3 is 0 Å². The Balaban J connectivity index is 1.13. The SMILES string of the molecule is c1ccc(-c2nc(-c3ccccc3)nc(-c3cccc4oc5cc(N(c6cccc7ccccc67)c6cccc7c6oc6ccccc67)ccc5c34)n2)cc1. The Morgan fingerprint density at radius 2 is 0.982 bits per heavy atom. The number of nitrogens with zero attached hydrogens (tertiary/aromatic N) is 4. The van der Waals surface area contributed by atoms with Crippen LogP contribution in [0.3, 0.4) is 0 Å². The van der Waals surface area contributed by atoms with E-state index in [1.165, 1.54) is 0 Å². The van der Waals surface area contributed by atoms with E-state index in [1.54, 1.807) is 0 Å². The molecule has 55 heavy (non-hydrogen) atoms. The summed E-state index contributed by atoms with van der Waals surface area (Å²) in [5.41, 5.74) is 8.81. The first-order valence-corrected chi connectivity index (χ1v) is 18.3. The fraction of sp³-hybridized carbons (Fsp3) is 0. The van der Waals surface area contributed by atoms with E-state index in [0.717, 1.165) is 88.4 Å². The minimum absolute atomic E-state index is 0.582. The lowest BCUT2D eigenvalue weighted by Crippen LogP contribution is -2.10. The van der Waals surface area contributed by atoms with Crippen LogP contribution in [-0.4, -0.2) is 15.0 Å². The van der Waals surface area contributed by atoms with Crippen LogP contribution in [-0.2, 0) is 0 Å². The van der Waals surface area contributed by atoms with Gasteiger partial charge in [0.1, 0.15) is 16.7 Å². The second-order valence-electron chi connectivity index (χ2n) is 13.6. The van der Waals surface area contributed by atoms with Gasteiger partial charge in [-0.15, -0.1) is 0 Å². The van der Waals surface area contributed by atoms with E-state index < -0.39 is 0 Å². The van der Waals surface area contributed by atoms with Crippen molar-refractivity contribution >= 4 is 71.7 Å². The standard InChI is InChI=1S/C49H30N4O2/c1-3-15-32(16-4-1)47-50-48(33-17-5-2-6-18-33)52-49(51-47)39-23-13-27-43-45(39)38-29-28-34(30-44(38)54-43)53(40-24-11-19-31-14-7-8-20-35(31)40)41-25-12-22-37-36-21-9-10-26-42(36)55-46(37)41/h1-30H. The first-order valence-electron chi connectivity index (χ1n) is 18.3. The molecule has 0 saturated carbocycles. The number of furan rings is 2. The summed E-state index contributed by atoms with van der Waals surface area (Å²) in [5, 5.41) is 6.35. The van der Waals surface area contributed by atoms with Gasteiger partial charge in [0.05, 0.1) is 17.1 Å². The Hall–Kier alpha value is -7.57. The van der Waals surface area contributed by atoms with Gasteiger partial charge in [0.2, 0.25) is 0 Å². The maximum atomic E-state index is 6.71. The summed E-state index contributed by atoms with van der Waals surface area (Å²) in [6.45, 7) is 0. The summed E-state index contributed by atoms with van der Waals surface area (Å²) in [6.07, 6.45) is 0. The lowest BCUT2D eigenvalue weighted by atomic mass is 10.0. The first-order chi connectivity index (χ1) is 27.3. The maximum Gasteiger partial charge on any atom is 0.164 e. The summed E-state index contributed by atoms with van der Waals surface area (Å²) < 4.78 is 13.3. The molecule has 0 amide bonds. The van der Waals surface area contributed by atoms with Gasteiger partial charge in [-0.1, -0.05) is 140 Å². The van der Waals surface area contributed by atoms with Crippen molar-refractivity contribution in [3.05, 3.63) is 182 Å². The monoisotopic (exact) mass is 706 g/mol. The van der Waals surface area contributed by atoms with Gasteiger partial charge in [0.25, 0.3) is 0 Å². The molecule has 0 N–H and O–H groups in total. The average molecular weight is 707 g/mol. The molecule has 6 heteroatoms. The molecule has 0 aliphatic rings. The van der Waals surface area contributed by atoms with Crippen LogP contribution in [0.1, 0.15) is 0 Å². The van der Waals surface area contributed by atoms with Crippen molar-refractivity contribution in [2.75, 3.05) is 4.90 Å². The average Bonchev–Trinajstić information content (AvgIpc) is 3.83. The van der Waals surface area contributed by atoms with Gasteiger partial charge < -0.3 is 13.7 Å². The lowest BCUT2D eigenvalue weighted by molar-refractivity contribution is 0.667. The maximum absolute atomic E-state index is 6.71. The Labute approximate surface area is 315 Å². The van der Waals surface area contributed by atoms with Crippen molar-refractivity contribution in [1.29, 1.82) is 0 Å². The fourth-order valence-electron chi connectivity index (χ4n) is 7.79. The molecule has 3 heterocycles. The third-order valence-electron chi connectivity index (χ3n) is 10.3. The smallest absolute Gasteiger partial charge is 0.164 e. The molecular formula is C49H30N4O2. The molecule has 0 aliphatic carbocycles. The zero-order valence-electron chi connectivity index (χ0n) is 29.4. The van der Waals surface area contributed by atoms with E-state index >= 15 is 0 Å². The Morgan fingerprint density at radius 3 is 1.78 bits per heavy atom. The molecular weight excluding hydrogens is 677 g/mol. The number of aromatic nitrogens is 3. The van der Waals surface area contributed by atoms with Crippen LogP contribution in [0.15, 0.2) is 191 Å². The number of anilines is 3. The number of hydrogen-bond acceptors (Lipinski definition) is 6. The van der Waals surface area contributed by atoms with Crippen LogP contribution in [0, 0.1) is 0 Å². The summed E-state index contributed by atoms with van der Waals surface area (Å²) >= 11 is 0. The van der Waals surface area contributed by atoms with Gasteiger partial charge in [-0.25, -0.2) is 15.0 Å². The van der Waals surface area contributed by atoms with E-state index in [2.05, 4.69) is 102 Å². The van der Waals surface area contributed by atoms with Crippen LogP contribution in [0.25, 0.3) is 88.8 Å². The van der Waals surface area contributed by atoms with Crippen molar-refractivity contribution in [2.45, 2.75) is 0 Å². The largest absolute Gasteiger partial charge is 0.456 e. The normalized spacial score (nSPS) is 11.6. The highest BCUT2D eigenvalue weighted by atomic mass is 16.3. The second kappa shape index (κ2) is 12.5. The summed E-state index contributed by atoms with van der Waals surface area (Å²) in [6, 6.07) is 62.1. The van der Waals surface area contributed by atoms with Gasteiger partial charge in [-0.2, -0.15) is 0 Å². The Morgan fingerprint density at radius 1 is 0.382 bits per heavy atom. The molecule has 0 atom stereocenters. The van der Waals surface area contributed by atoms with Gasteiger partial charge in [-0.3, -0.25) is 0 Å². The molecule has 0 bridgehead atoms. The minimum Gasteiger partial charge on any atom is -0.456 e. The van der Waals surface area contributed by atoms with Crippen LogP contribution in [0.5, 0.6) is 0 Å². The van der Waals surface area contributed by atoms with E-state index in [-0.39, 0.29) is 0 Å². The van der Waals surface area contributed by atoms with Crippen LogP contribution in [0.4, 0.5) is 17.1 Å². The summed E-state index contributed by atoms with van der Waals surface area (Å²) in [7, 11) is 0. The molecule has 0 fully saturated rings. The molecule has 258 valence electrons. The van der Waals surface area contributed by atoms with E-state index in [4.69, 9.17) is 23.8 Å². The van der Waals surface area contributed by atoms with Crippen LogP contribution < -0.4 is 4.90 Å². The third kappa shape index (κ3) is 5.15. The molecule has 11 aromatic rings. The fourth-order valence-corrected chi connectivity index (χ4v) is 7.79. The molecule has 6 nitrogen and oxygen atoms in total. The van der Waals surface area contributed by atoms with Crippen molar-refractivity contribution in [1.82, 2.24) is 15.0 Å². The van der Waals surface area contributed by atoms with Gasteiger partial charge in [0.15, 0.2) is 23.1 Å². The van der Waals surface area contributed by atoms with Crippen molar-refractivity contribution < 1.29 is 8.83 Å². The molecule has 0 aliphatic heterocycles.